The van der Waals surface area contributed by atoms with Crippen LogP contribution in [0.15, 0.2) is 18.2 Å². The van der Waals surface area contributed by atoms with Crippen molar-refractivity contribution in [2.75, 3.05) is 26.0 Å². The average Bonchev–Trinajstić information content (AvgIpc) is 3.30. The number of nitrogens with two attached hydrogens (primary N) is 1. The lowest BCUT2D eigenvalue weighted by atomic mass is 10.2. The van der Waals surface area contributed by atoms with E-state index in [1.807, 2.05) is 6.92 Å². The number of nitrogens with zero attached hydrogens (tertiary/aromatic N) is 1. The fraction of sp³-hybridized carbons (Fsp3) is 0.467. The molecule has 0 unspecified atom stereocenters. The number of anilines is 1. The van der Waals surface area contributed by atoms with Crippen LogP contribution in [0.3, 0.4) is 0 Å². The predicted molar refractivity (Wildman–Crippen MR) is 78.1 cm³/mol. The summed E-state index contributed by atoms with van der Waals surface area (Å²) in [6.07, 6.45) is 2.06. The largest absolute Gasteiger partial charge is 0.495 e. The average molecular weight is 292 g/mol. The van der Waals surface area contributed by atoms with Crippen LogP contribution in [0.4, 0.5) is 5.69 Å². The summed E-state index contributed by atoms with van der Waals surface area (Å²) in [5.74, 6) is -0.229. The number of nitrogen functional groups attached to an aromatic ring is 1. The molecule has 0 radical (unpaired) electrons. The standard InChI is InChI=1S/C15H20N2O4/c1-3-17(11-5-6-11)14(18)9-21-15(19)10-4-7-13(20-2)12(16)8-10/h4,7-8,11H,3,5-6,9,16H2,1-2H3. The summed E-state index contributed by atoms with van der Waals surface area (Å²) in [5, 5.41) is 0. The molecule has 6 heteroatoms. The quantitative estimate of drug-likeness (QED) is 0.634. The van der Waals surface area contributed by atoms with E-state index in [0.29, 0.717) is 29.6 Å². The number of carbonyl (C=O) groups is 2. The number of rotatable bonds is 6. The highest BCUT2D eigenvalue weighted by Gasteiger charge is 2.31. The van der Waals surface area contributed by atoms with Crippen LogP contribution in [-0.4, -0.2) is 43.1 Å². The third-order valence-corrected chi connectivity index (χ3v) is 3.44. The third-order valence-electron chi connectivity index (χ3n) is 3.44. The zero-order chi connectivity index (χ0) is 15.4. The first kappa shape index (κ1) is 15.2. The van der Waals surface area contributed by atoms with Gasteiger partial charge in [0.1, 0.15) is 5.75 Å². The van der Waals surface area contributed by atoms with Gasteiger partial charge in [0.15, 0.2) is 6.61 Å². The van der Waals surface area contributed by atoms with Gasteiger partial charge in [-0.2, -0.15) is 0 Å². The van der Waals surface area contributed by atoms with Gasteiger partial charge in [-0.1, -0.05) is 0 Å². The van der Waals surface area contributed by atoms with E-state index in [0.717, 1.165) is 12.8 Å². The lowest BCUT2D eigenvalue weighted by Crippen LogP contribution is -2.36. The predicted octanol–water partition coefficient (Wildman–Crippen LogP) is 1.45. The molecule has 0 spiro atoms. The highest BCUT2D eigenvalue weighted by Crippen LogP contribution is 2.26. The van der Waals surface area contributed by atoms with Crippen molar-refractivity contribution >= 4 is 17.6 Å². The van der Waals surface area contributed by atoms with Crippen LogP contribution in [0, 0.1) is 0 Å². The molecule has 1 aliphatic rings. The summed E-state index contributed by atoms with van der Waals surface area (Å²) in [6, 6.07) is 4.94. The van der Waals surface area contributed by atoms with E-state index in [-0.39, 0.29) is 12.5 Å². The van der Waals surface area contributed by atoms with E-state index < -0.39 is 5.97 Å². The molecule has 6 nitrogen and oxygen atoms in total. The third kappa shape index (κ3) is 3.65. The molecular formula is C15H20N2O4. The first-order chi connectivity index (χ1) is 10.1. The Hall–Kier alpha value is -2.24. The van der Waals surface area contributed by atoms with Gasteiger partial charge in [-0.3, -0.25) is 4.79 Å². The molecule has 0 aliphatic heterocycles. The molecule has 21 heavy (non-hydrogen) atoms. The Bertz CT molecular complexity index is 540. The molecule has 0 bridgehead atoms. The molecule has 1 aliphatic carbocycles. The van der Waals surface area contributed by atoms with Crippen molar-refractivity contribution < 1.29 is 19.1 Å². The van der Waals surface area contributed by atoms with Gasteiger partial charge in [0, 0.05) is 12.6 Å². The Balaban J connectivity index is 1.92. The van der Waals surface area contributed by atoms with Gasteiger partial charge in [-0.15, -0.1) is 0 Å². The maximum atomic E-state index is 12.0. The van der Waals surface area contributed by atoms with Crippen molar-refractivity contribution in [3.63, 3.8) is 0 Å². The first-order valence-corrected chi connectivity index (χ1v) is 6.97. The highest BCUT2D eigenvalue weighted by molar-refractivity contribution is 5.92. The molecule has 0 atom stereocenters. The highest BCUT2D eigenvalue weighted by atomic mass is 16.5. The van der Waals surface area contributed by atoms with Gasteiger partial charge in [-0.05, 0) is 38.0 Å². The van der Waals surface area contributed by atoms with Crippen molar-refractivity contribution in [2.24, 2.45) is 0 Å². The number of ether oxygens (including phenoxy) is 2. The van der Waals surface area contributed by atoms with Crippen molar-refractivity contribution in [1.82, 2.24) is 4.90 Å². The molecule has 2 rings (SSSR count). The Labute approximate surface area is 123 Å². The van der Waals surface area contributed by atoms with Crippen LogP contribution < -0.4 is 10.5 Å². The Kier molecular flexibility index (Phi) is 4.67. The van der Waals surface area contributed by atoms with Crippen molar-refractivity contribution in [1.29, 1.82) is 0 Å². The van der Waals surface area contributed by atoms with Gasteiger partial charge < -0.3 is 20.1 Å². The molecule has 1 saturated carbocycles. The molecule has 1 aromatic carbocycles. The minimum atomic E-state index is -0.565. The molecule has 1 aromatic rings. The number of amides is 1. The number of carbonyl (C=O) groups excluding carboxylic acids is 2. The van der Waals surface area contributed by atoms with Crippen LogP contribution in [0.2, 0.25) is 0 Å². The Morgan fingerprint density at radius 3 is 2.62 bits per heavy atom. The molecule has 2 N–H and O–H groups in total. The molecule has 114 valence electrons. The van der Waals surface area contributed by atoms with E-state index in [2.05, 4.69) is 0 Å². The molecule has 0 heterocycles. The SMILES string of the molecule is CCN(C(=O)COC(=O)c1ccc(OC)c(N)c1)C1CC1. The lowest BCUT2D eigenvalue weighted by Gasteiger charge is -2.20. The van der Waals surface area contributed by atoms with E-state index in [4.69, 9.17) is 15.2 Å². The molecule has 1 fully saturated rings. The lowest BCUT2D eigenvalue weighted by molar-refractivity contribution is -0.134. The van der Waals surface area contributed by atoms with Crippen LogP contribution >= 0.6 is 0 Å². The zero-order valence-electron chi connectivity index (χ0n) is 12.3. The Morgan fingerprint density at radius 1 is 1.38 bits per heavy atom. The first-order valence-electron chi connectivity index (χ1n) is 6.97. The molecular weight excluding hydrogens is 272 g/mol. The summed E-state index contributed by atoms with van der Waals surface area (Å²) in [4.78, 5) is 25.6. The molecule has 0 aromatic heterocycles. The second-order valence-corrected chi connectivity index (χ2v) is 4.94. The van der Waals surface area contributed by atoms with Gasteiger partial charge in [0.2, 0.25) is 0 Å². The molecule has 0 saturated heterocycles. The normalized spacial score (nSPS) is 13.6. The van der Waals surface area contributed by atoms with E-state index >= 15 is 0 Å². The monoisotopic (exact) mass is 292 g/mol. The van der Waals surface area contributed by atoms with Crippen LogP contribution in [0.5, 0.6) is 5.75 Å². The van der Waals surface area contributed by atoms with Crippen LogP contribution in [-0.2, 0) is 9.53 Å². The zero-order valence-corrected chi connectivity index (χ0v) is 12.3. The van der Waals surface area contributed by atoms with Crippen molar-refractivity contribution in [2.45, 2.75) is 25.8 Å². The number of likely N-dealkylation sites (N-methyl/N-ethyl adjacent to an activating group) is 1. The molecule has 1 amide bonds. The minimum Gasteiger partial charge on any atom is -0.495 e. The van der Waals surface area contributed by atoms with Gasteiger partial charge in [0.05, 0.1) is 18.4 Å². The maximum absolute atomic E-state index is 12.0. The summed E-state index contributed by atoms with van der Waals surface area (Å²) in [7, 11) is 1.50. The van der Waals surface area contributed by atoms with Gasteiger partial charge in [-0.25, -0.2) is 4.79 Å². The van der Waals surface area contributed by atoms with E-state index in [1.165, 1.54) is 13.2 Å². The number of esters is 1. The van der Waals surface area contributed by atoms with Crippen LogP contribution in [0.1, 0.15) is 30.1 Å². The maximum Gasteiger partial charge on any atom is 0.338 e. The number of hydrogen-bond donors (Lipinski definition) is 1. The Morgan fingerprint density at radius 2 is 2.10 bits per heavy atom. The summed E-state index contributed by atoms with van der Waals surface area (Å²) in [5.41, 5.74) is 6.39. The topological polar surface area (TPSA) is 81.9 Å². The minimum absolute atomic E-state index is 0.158. The number of hydrogen-bond acceptors (Lipinski definition) is 5. The summed E-state index contributed by atoms with van der Waals surface area (Å²) < 4.78 is 10.1. The number of methoxy groups -OCH3 is 1. The number of benzene rings is 1. The van der Waals surface area contributed by atoms with E-state index in [1.54, 1.807) is 17.0 Å². The van der Waals surface area contributed by atoms with Crippen molar-refractivity contribution in [3.05, 3.63) is 23.8 Å². The fourth-order valence-electron chi connectivity index (χ4n) is 2.18. The smallest absolute Gasteiger partial charge is 0.338 e. The summed E-state index contributed by atoms with van der Waals surface area (Å²) >= 11 is 0. The summed E-state index contributed by atoms with van der Waals surface area (Å²) in [6.45, 7) is 2.31. The second kappa shape index (κ2) is 6.47. The van der Waals surface area contributed by atoms with Gasteiger partial charge in [0.25, 0.3) is 5.91 Å². The second-order valence-electron chi connectivity index (χ2n) is 4.94. The fourth-order valence-corrected chi connectivity index (χ4v) is 2.18. The van der Waals surface area contributed by atoms with E-state index in [9.17, 15) is 9.59 Å². The van der Waals surface area contributed by atoms with Gasteiger partial charge >= 0.3 is 5.97 Å². The van der Waals surface area contributed by atoms with Crippen LogP contribution in [0.25, 0.3) is 0 Å². The van der Waals surface area contributed by atoms with Crippen molar-refractivity contribution in [3.8, 4) is 5.75 Å².